The molecule has 0 unspecified atom stereocenters. The molecule has 1 aliphatic carbocycles. The van der Waals surface area contributed by atoms with E-state index >= 15 is 0 Å². The zero-order chi connectivity index (χ0) is 19.5. The lowest BCUT2D eigenvalue weighted by atomic mass is 9.80. The number of aromatic nitrogens is 1. The van der Waals surface area contributed by atoms with Gasteiger partial charge in [0.25, 0.3) is 0 Å². The van der Waals surface area contributed by atoms with Crippen molar-refractivity contribution in [2.24, 2.45) is 0 Å². The second-order valence-corrected chi connectivity index (χ2v) is 7.15. The summed E-state index contributed by atoms with van der Waals surface area (Å²) in [6.07, 6.45) is 1.70. The number of Topliss-reactive ketones (excluding diaryl/α,β-unsaturated/α-hetero) is 1. The van der Waals surface area contributed by atoms with Gasteiger partial charge in [-0.05, 0) is 36.0 Å². The number of benzene rings is 2. The number of nitrogens with one attached hydrogen (secondary N) is 1. The Labute approximate surface area is 164 Å². The Morgan fingerprint density at radius 2 is 1.71 bits per heavy atom. The normalized spacial score (nSPS) is 15.9. The van der Waals surface area contributed by atoms with E-state index in [2.05, 4.69) is 17.1 Å². The minimum Gasteiger partial charge on any atom is -0.461 e. The summed E-state index contributed by atoms with van der Waals surface area (Å²) in [5.74, 6) is -0.181. The predicted molar refractivity (Wildman–Crippen MR) is 108 cm³/mol. The quantitative estimate of drug-likeness (QED) is 0.660. The zero-order valence-electron chi connectivity index (χ0n) is 15.9. The lowest BCUT2D eigenvalue weighted by molar-refractivity contribution is 0.0519. The van der Waals surface area contributed by atoms with Crippen LogP contribution in [-0.4, -0.2) is 23.3 Å². The smallest absolute Gasteiger partial charge is 0.355 e. The molecule has 0 bridgehead atoms. The van der Waals surface area contributed by atoms with E-state index < -0.39 is 5.97 Å². The van der Waals surface area contributed by atoms with Gasteiger partial charge in [0.15, 0.2) is 5.78 Å². The highest BCUT2D eigenvalue weighted by atomic mass is 16.5. The highest BCUT2D eigenvalue weighted by molar-refractivity contribution is 6.04. The van der Waals surface area contributed by atoms with Gasteiger partial charge in [0.2, 0.25) is 0 Å². The molecule has 0 saturated heterocycles. The maximum absolute atomic E-state index is 13.1. The Balaban J connectivity index is 1.75. The molecule has 3 aromatic rings. The Kier molecular flexibility index (Phi) is 5.11. The monoisotopic (exact) mass is 373 g/mol. The Morgan fingerprint density at radius 3 is 2.39 bits per heavy atom. The third-order valence-corrected chi connectivity index (χ3v) is 5.32. The number of hydrogen-bond donors (Lipinski definition) is 1. The van der Waals surface area contributed by atoms with Crippen LogP contribution in [0.2, 0.25) is 0 Å². The van der Waals surface area contributed by atoms with Crippen molar-refractivity contribution < 1.29 is 14.3 Å². The molecule has 142 valence electrons. The third kappa shape index (κ3) is 3.50. The summed E-state index contributed by atoms with van der Waals surface area (Å²) in [6.45, 7) is 2.09. The standard InChI is InChI=1S/C24H23NO3/c1-2-28-24(27)23-19(13-16-9-5-3-6-10-16)22-20(25-23)14-18(15-21(22)26)17-11-7-4-8-12-17/h3-12,18,25H,2,13-15H2,1H3/t18-/m0/s1. The summed E-state index contributed by atoms with van der Waals surface area (Å²) in [5, 5.41) is 0. The van der Waals surface area contributed by atoms with Crippen molar-refractivity contribution in [1.82, 2.24) is 4.98 Å². The van der Waals surface area contributed by atoms with E-state index in [4.69, 9.17) is 4.74 Å². The molecule has 28 heavy (non-hydrogen) atoms. The van der Waals surface area contributed by atoms with Crippen LogP contribution in [0.3, 0.4) is 0 Å². The number of ketones is 1. The van der Waals surface area contributed by atoms with Gasteiger partial charge in [-0.15, -0.1) is 0 Å². The molecule has 1 aromatic heterocycles. The van der Waals surface area contributed by atoms with E-state index in [-0.39, 0.29) is 11.7 Å². The SMILES string of the molecule is CCOC(=O)c1[nH]c2c(c1Cc1ccccc1)C(=O)C[C@@H](c1ccccc1)C2. The summed E-state index contributed by atoms with van der Waals surface area (Å²) in [4.78, 5) is 28.9. The maximum Gasteiger partial charge on any atom is 0.355 e. The summed E-state index contributed by atoms with van der Waals surface area (Å²) in [5.41, 5.74) is 4.92. The predicted octanol–water partition coefficient (Wildman–Crippen LogP) is 4.69. The second-order valence-electron chi connectivity index (χ2n) is 7.15. The molecule has 4 nitrogen and oxygen atoms in total. The minimum absolute atomic E-state index is 0.0906. The Hall–Kier alpha value is -3.14. The molecule has 0 saturated carbocycles. The van der Waals surface area contributed by atoms with Gasteiger partial charge in [0.05, 0.1) is 6.61 Å². The van der Waals surface area contributed by atoms with Crippen LogP contribution in [0.15, 0.2) is 60.7 Å². The van der Waals surface area contributed by atoms with Gasteiger partial charge < -0.3 is 9.72 Å². The molecule has 0 aliphatic heterocycles. The molecular formula is C24H23NO3. The second kappa shape index (κ2) is 7.85. The number of fused-ring (bicyclic) bond motifs is 1. The Bertz CT molecular complexity index is 989. The van der Waals surface area contributed by atoms with Crippen LogP contribution < -0.4 is 0 Å². The van der Waals surface area contributed by atoms with Crippen LogP contribution >= 0.6 is 0 Å². The third-order valence-electron chi connectivity index (χ3n) is 5.32. The largest absolute Gasteiger partial charge is 0.461 e. The number of ether oxygens (including phenoxy) is 1. The summed E-state index contributed by atoms with van der Waals surface area (Å²) < 4.78 is 5.25. The number of rotatable bonds is 5. The number of carbonyl (C=O) groups excluding carboxylic acids is 2. The first kappa shape index (κ1) is 18.2. The molecule has 0 radical (unpaired) electrons. The molecule has 1 atom stereocenters. The van der Waals surface area contributed by atoms with Crippen LogP contribution in [0.1, 0.15) is 62.5 Å². The van der Waals surface area contributed by atoms with Gasteiger partial charge in [-0.3, -0.25) is 4.79 Å². The fourth-order valence-electron chi connectivity index (χ4n) is 4.05. The van der Waals surface area contributed by atoms with Gasteiger partial charge in [0.1, 0.15) is 5.69 Å². The van der Waals surface area contributed by atoms with Gasteiger partial charge in [-0.1, -0.05) is 60.7 Å². The van der Waals surface area contributed by atoms with Gasteiger partial charge in [0, 0.05) is 24.1 Å². The van der Waals surface area contributed by atoms with Crippen LogP contribution in [0.5, 0.6) is 0 Å². The maximum atomic E-state index is 13.1. The van der Waals surface area contributed by atoms with Crippen molar-refractivity contribution in [1.29, 1.82) is 0 Å². The average Bonchev–Trinajstić information content (AvgIpc) is 3.08. The van der Waals surface area contributed by atoms with Crippen molar-refractivity contribution in [2.75, 3.05) is 6.61 Å². The van der Waals surface area contributed by atoms with E-state index in [9.17, 15) is 9.59 Å². The van der Waals surface area contributed by atoms with Crippen molar-refractivity contribution >= 4 is 11.8 Å². The molecule has 1 aliphatic rings. The van der Waals surface area contributed by atoms with E-state index in [1.54, 1.807) is 6.92 Å². The molecule has 4 rings (SSSR count). The summed E-state index contributed by atoms with van der Waals surface area (Å²) in [7, 11) is 0. The first-order valence-corrected chi connectivity index (χ1v) is 9.70. The van der Waals surface area contributed by atoms with Crippen LogP contribution in [0, 0.1) is 0 Å². The zero-order valence-corrected chi connectivity index (χ0v) is 15.9. The lowest BCUT2D eigenvalue weighted by Crippen LogP contribution is -2.19. The van der Waals surface area contributed by atoms with Crippen molar-refractivity contribution in [2.45, 2.75) is 32.1 Å². The molecule has 2 aromatic carbocycles. The molecule has 0 fully saturated rings. The van der Waals surface area contributed by atoms with Crippen LogP contribution in [0.4, 0.5) is 0 Å². The van der Waals surface area contributed by atoms with Gasteiger partial charge >= 0.3 is 5.97 Å². The lowest BCUT2D eigenvalue weighted by Gasteiger charge is -2.22. The summed E-state index contributed by atoms with van der Waals surface area (Å²) in [6, 6.07) is 20.0. The van der Waals surface area contributed by atoms with E-state index in [0.717, 1.165) is 22.4 Å². The molecule has 1 N–H and O–H groups in total. The molecule has 0 amide bonds. The van der Waals surface area contributed by atoms with E-state index in [0.29, 0.717) is 37.1 Å². The van der Waals surface area contributed by atoms with E-state index in [1.807, 2.05) is 48.5 Å². The number of H-pyrrole nitrogens is 1. The highest BCUT2D eigenvalue weighted by Gasteiger charge is 2.33. The minimum atomic E-state index is -0.396. The number of carbonyl (C=O) groups is 2. The van der Waals surface area contributed by atoms with Crippen LogP contribution in [-0.2, 0) is 17.6 Å². The first-order valence-electron chi connectivity index (χ1n) is 9.70. The summed E-state index contributed by atoms with van der Waals surface area (Å²) >= 11 is 0. The van der Waals surface area contributed by atoms with Gasteiger partial charge in [-0.25, -0.2) is 4.79 Å². The van der Waals surface area contributed by atoms with Crippen molar-refractivity contribution in [3.8, 4) is 0 Å². The fourth-order valence-corrected chi connectivity index (χ4v) is 4.05. The van der Waals surface area contributed by atoms with Crippen molar-refractivity contribution in [3.63, 3.8) is 0 Å². The average molecular weight is 373 g/mol. The Morgan fingerprint density at radius 1 is 1.04 bits per heavy atom. The molecule has 0 spiro atoms. The van der Waals surface area contributed by atoms with E-state index in [1.165, 1.54) is 0 Å². The highest BCUT2D eigenvalue weighted by Crippen LogP contribution is 2.36. The van der Waals surface area contributed by atoms with Crippen LogP contribution in [0.25, 0.3) is 0 Å². The topological polar surface area (TPSA) is 59.2 Å². The number of aromatic amines is 1. The molecule has 4 heteroatoms. The molecular weight excluding hydrogens is 350 g/mol. The first-order chi connectivity index (χ1) is 13.7. The number of hydrogen-bond acceptors (Lipinski definition) is 3. The molecule has 1 heterocycles. The fraction of sp³-hybridized carbons (Fsp3) is 0.250. The number of esters is 1. The van der Waals surface area contributed by atoms with Gasteiger partial charge in [-0.2, -0.15) is 0 Å². The van der Waals surface area contributed by atoms with Crippen molar-refractivity contribution in [3.05, 3.63) is 94.3 Å².